The Hall–Kier alpha value is -1.64. The summed E-state index contributed by atoms with van der Waals surface area (Å²) < 4.78 is 0. The van der Waals surface area contributed by atoms with Gasteiger partial charge >= 0.3 is 0 Å². The van der Waals surface area contributed by atoms with Crippen molar-refractivity contribution in [2.45, 2.75) is 20.8 Å². The summed E-state index contributed by atoms with van der Waals surface area (Å²) in [5.41, 5.74) is 4.77. The van der Waals surface area contributed by atoms with Crippen LogP contribution >= 0.6 is 0 Å². The molecule has 0 unspecified atom stereocenters. The molecule has 2 aromatic rings. The van der Waals surface area contributed by atoms with E-state index in [1.165, 1.54) is 16.7 Å². The molecule has 72 valence electrons. The number of aryl methyl sites for hydroxylation is 3. The molecule has 0 saturated heterocycles. The quantitative estimate of drug-likeness (QED) is 0.685. The normalized spacial score (nSPS) is 10.5. The summed E-state index contributed by atoms with van der Waals surface area (Å²) in [7, 11) is 0. The average molecular weight is 187 g/mol. The van der Waals surface area contributed by atoms with E-state index in [0.717, 1.165) is 5.69 Å². The summed E-state index contributed by atoms with van der Waals surface area (Å²) in [5.74, 6) is 0. The van der Waals surface area contributed by atoms with E-state index in [1.54, 1.807) is 17.2 Å². The number of benzene rings is 1. The standard InChI is InChI=1S/C11H13N3/c1-8-6-9(2)11(10(3)7-8)14-12-4-5-13-14/h4-7H,1-3H3. The Kier molecular flexibility index (Phi) is 2.08. The molecule has 0 amide bonds. The van der Waals surface area contributed by atoms with Crippen molar-refractivity contribution in [1.82, 2.24) is 15.0 Å². The Bertz CT molecular complexity index is 421. The topological polar surface area (TPSA) is 30.7 Å². The zero-order valence-electron chi connectivity index (χ0n) is 8.65. The Morgan fingerprint density at radius 2 is 1.43 bits per heavy atom. The molecule has 0 aliphatic carbocycles. The summed E-state index contributed by atoms with van der Waals surface area (Å²) >= 11 is 0. The van der Waals surface area contributed by atoms with Gasteiger partial charge in [0.15, 0.2) is 0 Å². The van der Waals surface area contributed by atoms with Crippen LogP contribution < -0.4 is 0 Å². The third-order valence-electron chi connectivity index (χ3n) is 2.25. The SMILES string of the molecule is Cc1cc(C)c(-n2nccn2)c(C)c1. The van der Waals surface area contributed by atoms with Crippen molar-refractivity contribution in [3.05, 3.63) is 41.2 Å². The van der Waals surface area contributed by atoms with Crippen LogP contribution in [0, 0.1) is 20.8 Å². The lowest BCUT2D eigenvalue weighted by Crippen LogP contribution is -2.04. The first-order chi connectivity index (χ1) is 6.68. The molecule has 0 saturated carbocycles. The lowest BCUT2D eigenvalue weighted by Gasteiger charge is -2.09. The minimum Gasteiger partial charge on any atom is -0.157 e. The largest absolute Gasteiger partial charge is 0.157 e. The smallest absolute Gasteiger partial charge is 0.0915 e. The fourth-order valence-electron chi connectivity index (χ4n) is 1.82. The lowest BCUT2D eigenvalue weighted by molar-refractivity contribution is 0.742. The Balaban J connectivity index is 2.64. The second-order valence-corrected chi connectivity index (χ2v) is 3.57. The minimum atomic E-state index is 1.08. The summed E-state index contributed by atoms with van der Waals surface area (Å²) in [6, 6.07) is 4.29. The van der Waals surface area contributed by atoms with Crippen molar-refractivity contribution in [2.24, 2.45) is 0 Å². The van der Waals surface area contributed by atoms with E-state index in [2.05, 4.69) is 43.1 Å². The number of aromatic nitrogens is 3. The van der Waals surface area contributed by atoms with Gasteiger partial charge in [0.1, 0.15) is 0 Å². The van der Waals surface area contributed by atoms with Crippen LogP contribution in [0.3, 0.4) is 0 Å². The third kappa shape index (κ3) is 1.41. The molecule has 3 nitrogen and oxygen atoms in total. The first kappa shape index (κ1) is 8.94. The van der Waals surface area contributed by atoms with Gasteiger partial charge in [-0.25, -0.2) is 0 Å². The number of hydrogen-bond donors (Lipinski definition) is 0. The van der Waals surface area contributed by atoms with E-state index < -0.39 is 0 Å². The minimum absolute atomic E-state index is 1.08. The Morgan fingerprint density at radius 3 is 1.93 bits per heavy atom. The van der Waals surface area contributed by atoms with E-state index in [-0.39, 0.29) is 0 Å². The molecule has 2 rings (SSSR count). The predicted molar refractivity (Wildman–Crippen MR) is 55.6 cm³/mol. The highest BCUT2D eigenvalue weighted by Crippen LogP contribution is 2.18. The van der Waals surface area contributed by atoms with Gasteiger partial charge < -0.3 is 0 Å². The second-order valence-electron chi connectivity index (χ2n) is 3.57. The fourth-order valence-corrected chi connectivity index (χ4v) is 1.82. The van der Waals surface area contributed by atoms with Crippen molar-refractivity contribution < 1.29 is 0 Å². The van der Waals surface area contributed by atoms with Crippen molar-refractivity contribution in [2.75, 3.05) is 0 Å². The van der Waals surface area contributed by atoms with Gasteiger partial charge in [-0.2, -0.15) is 15.0 Å². The van der Waals surface area contributed by atoms with E-state index in [9.17, 15) is 0 Å². The first-order valence-corrected chi connectivity index (χ1v) is 4.63. The summed E-state index contributed by atoms with van der Waals surface area (Å²) in [5, 5.41) is 8.29. The Morgan fingerprint density at radius 1 is 0.929 bits per heavy atom. The molecule has 0 aliphatic rings. The van der Waals surface area contributed by atoms with Crippen LogP contribution in [-0.4, -0.2) is 15.0 Å². The molecule has 0 spiro atoms. The maximum Gasteiger partial charge on any atom is 0.0915 e. The van der Waals surface area contributed by atoms with Gasteiger partial charge in [0.25, 0.3) is 0 Å². The van der Waals surface area contributed by atoms with Crippen LogP contribution in [0.4, 0.5) is 0 Å². The molecule has 1 aromatic carbocycles. The van der Waals surface area contributed by atoms with Gasteiger partial charge in [0.2, 0.25) is 0 Å². The van der Waals surface area contributed by atoms with Crippen molar-refractivity contribution in [3.63, 3.8) is 0 Å². The van der Waals surface area contributed by atoms with Gasteiger partial charge in [-0.15, -0.1) is 0 Å². The molecule has 0 N–H and O–H groups in total. The van der Waals surface area contributed by atoms with Gasteiger partial charge in [-0.1, -0.05) is 17.7 Å². The van der Waals surface area contributed by atoms with Crippen molar-refractivity contribution in [1.29, 1.82) is 0 Å². The number of nitrogens with zero attached hydrogens (tertiary/aromatic N) is 3. The summed E-state index contributed by atoms with van der Waals surface area (Å²) in [4.78, 5) is 1.67. The monoisotopic (exact) mass is 187 g/mol. The fraction of sp³-hybridized carbons (Fsp3) is 0.273. The number of rotatable bonds is 1. The highest BCUT2D eigenvalue weighted by atomic mass is 15.5. The van der Waals surface area contributed by atoms with Crippen LogP contribution in [0.2, 0.25) is 0 Å². The Labute approximate surface area is 83.4 Å². The van der Waals surface area contributed by atoms with Crippen molar-refractivity contribution >= 4 is 0 Å². The highest BCUT2D eigenvalue weighted by Gasteiger charge is 2.06. The first-order valence-electron chi connectivity index (χ1n) is 4.63. The van der Waals surface area contributed by atoms with Gasteiger partial charge in [0.05, 0.1) is 18.1 Å². The maximum absolute atomic E-state index is 4.14. The molecular weight excluding hydrogens is 174 g/mol. The molecule has 3 heteroatoms. The van der Waals surface area contributed by atoms with E-state index in [1.807, 2.05) is 0 Å². The van der Waals surface area contributed by atoms with Gasteiger partial charge in [0, 0.05) is 0 Å². The molecule has 0 radical (unpaired) electrons. The predicted octanol–water partition coefficient (Wildman–Crippen LogP) is 2.19. The molecule has 0 bridgehead atoms. The van der Waals surface area contributed by atoms with E-state index in [4.69, 9.17) is 0 Å². The van der Waals surface area contributed by atoms with Gasteiger partial charge in [-0.05, 0) is 31.9 Å². The highest BCUT2D eigenvalue weighted by molar-refractivity contribution is 5.47. The molecule has 0 aliphatic heterocycles. The third-order valence-corrected chi connectivity index (χ3v) is 2.25. The molecule has 0 atom stereocenters. The lowest BCUT2D eigenvalue weighted by atomic mass is 10.1. The van der Waals surface area contributed by atoms with Crippen molar-refractivity contribution in [3.8, 4) is 5.69 Å². The zero-order chi connectivity index (χ0) is 10.1. The van der Waals surface area contributed by atoms with Crippen LogP contribution in [0.1, 0.15) is 16.7 Å². The number of hydrogen-bond acceptors (Lipinski definition) is 2. The molecule has 14 heavy (non-hydrogen) atoms. The van der Waals surface area contributed by atoms with E-state index in [0.29, 0.717) is 0 Å². The van der Waals surface area contributed by atoms with Crippen LogP contribution in [0.5, 0.6) is 0 Å². The molecular formula is C11H13N3. The molecule has 0 fully saturated rings. The van der Waals surface area contributed by atoms with E-state index >= 15 is 0 Å². The zero-order valence-corrected chi connectivity index (χ0v) is 8.65. The maximum atomic E-state index is 4.14. The van der Waals surface area contributed by atoms with Crippen LogP contribution in [0.15, 0.2) is 24.5 Å². The van der Waals surface area contributed by atoms with Gasteiger partial charge in [-0.3, -0.25) is 0 Å². The summed E-state index contributed by atoms with van der Waals surface area (Å²) in [6.07, 6.45) is 3.39. The summed E-state index contributed by atoms with van der Waals surface area (Å²) in [6.45, 7) is 6.26. The second kappa shape index (κ2) is 3.25. The molecule has 1 heterocycles. The van der Waals surface area contributed by atoms with Crippen LogP contribution in [0.25, 0.3) is 5.69 Å². The molecule has 1 aromatic heterocycles. The average Bonchev–Trinajstić information content (AvgIpc) is 2.54. The van der Waals surface area contributed by atoms with Crippen LogP contribution in [-0.2, 0) is 0 Å².